The van der Waals surface area contributed by atoms with Gasteiger partial charge in [-0.15, -0.1) is 5.10 Å². The highest BCUT2D eigenvalue weighted by atomic mass is 32.1. The van der Waals surface area contributed by atoms with Gasteiger partial charge in [0.15, 0.2) is 5.82 Å². The molecule has 7 nitrogen and oxygen atoms in total. The fourth-order valence-electron chi connectivity index (χ4n) is 5.14. The highest BCUT2D eigenvalue weighted by Gasteiger charge is 2.28. The SMILES string of the molecule is CCOc1ccc(-c2nc3sc(N4CCN(C5CCCCC5)CC4)nn3c2NC(C)(C)C)cc1. The van der Waals surface area contributed by atoms with Crippen LogP contribution in [0.4, 0.5) is 10.9 Å². The topological polar surface area (TPSA) is 57.9 Å². The minimum absolute atomic E-state index is 0.106. The predicted octanol–water partition coefficient (Wildman–Crippen LogP) is 5.52. The number of rotatable bonds is 6. The van der Waals surface area contributed by atoms with E-state index in [0.29, 0.717) is 6.61 Å². The molecule has 2 aromatic heterocycles. The molecule has 3 heterocycles. The molecule has 0 atom stereocenters. The summed E-state index contributed by atoms with van der Waals surface area (Å²) in [6.07, 6.45) is 6.96. The van der Waals surface area contributed by atoms with Gasteiger partial charge >= 0.3 is 0 Å². The number of anilines is 2. The first kappa shape index (κ1) is 23.4. The van der Waals surface area contributed by atoms with Crippen molar-refractivity contribution in [2.75, 3.05) is 43.0 Å². The molecule has 0 unspecified atom stereocenters. The molecule has 1 saturated carbocycles. The summed E-state index contributed by atoms with van der Waals surface area (Å²) in [7, 11) is 0. The zero-order chi connectivity index (χ0) is 23.7. The Morgan fingerprint density at radius 3 is 2.38 bits per heavy atom. The van der Waals surface area contributed by atoms with Crippen LogP contribution in [0, 0.1) is 0 Å². The second-order valence-corrected chi connectivity index (χ2v) is 11.5. The number of aromatic nitrogens is 3. The lowest BCUT2D eigenvalue weighted by molar-refractivity contribution is 0.148. The molecule has 8 heteroatoms. The highest BCUT2D eigenvalue weighted by molar-refractivity contribution is 7.20. The van der Waals surface area contributed by atoms with Crippen LogP contribution in [0.2, 0.25) is 0 Å². The Labute approximate surface area is 207 Å². The average Bonchev–Trinajstić information content (AvgIpc) is 3.39. The Morgan fingerprint density at radius 2 is 1.74 bits per heavy atom. The van der Waals surface area contributed by atoms with Gasteiger partial charge in [-0.25, -0.2) is 4.98 Å². The van der Waals surface area contributed by atoms with Crippen molar-refractivity contribution in [3.8, 4) is 17.0 Å². The zero-order valence-corrected chi connectivity index (χ0v) is 21.8. The summed E-state index contributed by atoms with van der Waals surface area (Å²) < 4.78 is 7.62. The monoisotopic (exact) mass is 482 g/mol. The van der Waals surface area contributed by atoms with E-state index in [1.165, 1.54) is 32.1 Å². The van der Waals surface area contributed by atoms with Crippen molar-refractivity contribution in [2.45, 2.75) is 71.4 Å². The van der Waals surface area contributed by atoms with Crippen molar-refractivity contribution in [1.82, 2.24) is 19.5 Å². The highest BCUT2D eigenvalue weighted by Crippen LogP contribution is 2.36. The van der Waals surface area contributed by atoms with Crippen molar-refractivity contribution in [3.63, 3.8) is 0 Å². The maximum Gasteiger partial charge on any atom is 0.216 e. The molecule has 1 N–H and O–H groups in total. The van der Waals surface area contributed by atoms with E-state index in [4.69, 9.17) is 14.8 Å². The number of nitrogens with one attached hydrogen (secondary N) is 1. The molecule has 34 heavy (non-hydrogen) atoms. The van der Waals surface area contributed by atoms with E-state index in [2.05, 4.69) is 48.0 Å². The molecular weight excluding hydrogens is 444 g/mol. The van der Waals surface area contributed by atoms with Crippen LogP contribution in [-0.2, 0) is 0 Å². The molecule has 184 valence electrons. The zero-order valence-electron chi connectivity index (χ0n) is 21.0. The van der Waals surface area contributed by atoms with Crippen LogP contribution >= 0.6 is 11.3 Å². The summed E-state index contributed by atoms with van der Waals surface area (Å²) in [6, 6.07) is 8.98. The number of imidazole rings is 1. The minimum Gasteiger partial charge on any atom is -0.494 e. The fourth-order valence-corrected chi connectivity index (χ4v) is 6.09. The van der Waals surface area contributed by atoms with Crippen LogP contribution in [0.25, 0.3) is 16.2 Å². The summed E-state index contributed by atoms with van der Waals surface area (Å²) in [6.45, 7) is 13.5. The van der Waals surface area contributed by atoms with Crippen LogP contribution in [0.5, 0.6) is 5.75 Å². The molecule has 2 aliphatic rings. The van der Waals surface area contributed by atoms with Crippen molar-refractivity contribution < 1.29 is 4.74 Å². The van der Waals surface area contributed by atoms with Gasteiger partial charge in [-0.2, -0.15) is 4.52 Å². The van der Waals surface area contributed by atoms with Gasteiger partial charge in [0.05, 0.1) is 6.61 Å². The van der Waals surface area contributed by atoms with Crippen molar-refractivity contribution >= 4 is 27.2 Å². The minimum atomic E-state index is -0.106. The lowest BCUT2D eigenvalue weighted by atomic mass is 9.94. The largest absolute Gasteiger partial charge is 0.494 e. The first-order valence-corrected chi connectivity index (χ1v) is 13.6. The smallest absolute Gasteiger partial charge is 0.216 e. The molecule has 0 bridgehead atoms. The van der Waals surface area contributed by atoms with Gasteiger partial charge in [-0.05, 0) is 64.8 Å². The van der Waals surface area contributed by atoms with Gasteiger partial charge in [0, 0.05) is 43.3 Å². The Hall–Kier alpha value is -2.32. The molecule has 1 aromatic carbocycles. The number of hydrogen-bond acceptors (Lipinski definition) is 7. The maximum atomic E-state index is 5.62. The lowest BCUT2D eigenvalue weighted by Crippen LogP contribution is -2.50. The van der Waals surface area contributed by atoms with Crippen molar-refractivity contribution in [3.05, 3.63) is 24.3 Å². The first-order chi connectivity index (χ1) is 16.4. The fraction of sp³-hybridized carbons (Fsp3) is 0.615. The van der Waals surface area contributed by atoms with Gasteiger partial charge in [0.25, 0.3) is 0 Å². The van der Waals surface area contributed by atoms with E-state index >= 15 is 0 Å². The van der Waals surface area contributed by atoms with E-state index < -0.39 is 0 Å². The standard InChI is InChI=1S/C26H38N6OS/c1-5-33-21-13-11-19(12-14-21)22-23(28-26(2,3)4)32-24(27-22)34-25(29-32)31-17-15-30(16-18-31)20-9-7-6-8-10-20/h11-14,20,28H,5-10,15-18H2,1-4H3. The third-order valence-electron chi connectivity index (χ3n) is 6.80. The van der Waals surface area contributed by atoms with Crippen LogP contribution in [0.15, 0.2) is 24.3 Å². The number of hydrogen-bond donors (Lipinski definition) is 1. The van der Waals surface area contributed by atoms with Crippen LogP contribution in [0.3, 0.4) is 0 Å². The quantitative estimate of drug-likeness (QED) is 0.499. The Bertz CT molecular complexity index is 1090. The molecule has 5 rings (SSSR count). The van der Waals surface area contributed by atoms with Gasteiger partial charge in [-0.3, -0.25) is 4.90 Å². The molecule has 0 spiro atoms. The van der Waals surface area contributed by atoms with Gasteiger partial charge in [0.1, 0.15) is 11.4 Å². The summed E-state index contributed by atoms with van der Waals surface area (Å²) in [5.74, 6) is 1.83. The van der Waals surface area contributed by atoms with Crippen LogP contribution in [-0.4, -0.2) is 63.9 Å². The Kier molecular flexibility index (Phi) is 6.71. The number of ether oxygens (including phenoxy) is 1. The van der Waals surface area contributed by atoms with Crippen molar-refractivity contribution in [1.29, 1.82) is 0 Å². The summed E-state index contributed by atoms with van der Waals surface area (Å²) in [4.78, 5) is 11.1. The van der Waals surface area contributed by atoms with Crippen LogP contribution < -0.4 is 15.0 Å². The number of benzene rings is 1. The van der Waals surface area contributed by atoms with E-state index in [1.807, 2.05) is 23.6 Å². The second kappa shape index (κ2) is 9.74. The number of fused-ring (bicyclic) bond motifs is 1. The summed E-state index contributed by atoms with van der Waals surface area (Å²) >= 11 is 1.69. The molecule has 1 aliphatic carbocycles. The van der Waals surface area contributed by atoms with E-state index in [0.717, 1.165) is 65.1 Å². The third kappa shape index (κ3) is 5.03. The van der Waals surface area contributed by atoms with E-state index in [-0.39, 0.29) is 5.54 Å². The van der Waals surface area contributed by atoms with Gasteiger partial charge < -0.3 is 15.0 Å². The molecule has 0 amide bonds. The van der Waals surface area contributed by atoms with Crippen molar-refractivity contribution in [2.24, 2.45) is 0 Å². The Balaban J connectivity index is 1.38. The number of nitrogens with zero attached hydrogens (tertiary/aromatic N) is 5. The second-order valence-electron chi connectivity index (χ2n) is 10.5. The number of piperazine rings is 1. The maximum absolute atomic E-state index is 5.62. The van der Waals surface area contributed by atoms with Gasteiger partial charge in [0.2, 0.25) is 10.1 Å². The molecule has 1 aliphatic heterocycles. The molecule has 0 radical (unpaired) electrons. The molecule has 3 aromatic rings. The summed E-state index contributed by atoms with van der Waals surface area (Å²) in [5, 5.41) is 9.78. The van der Waals surface area contributed by atoms with E-state index in [9.17, 15) is 0 Å². The lowest BCUT2D eigenvalue weighted by Gasteiger charge is -2.40. The molecule has 2 fully saturated rings. The summed E-state index contributed by atoms with van der Waals surface area (Å²) in [5.41, 5.74) is 1.90. The molecular formula is C26H38N6OS. The Morgan fingerprint density at radius 1 is 1.03 bits per heavy atom. The average molecular weight is 483 g/mol. The third-order valence-corrected chi connectivity index (χ3v) is 7.77. The predicted molar refractivity (Wildman–Crippen MR) is 142 cm³/mol. The van der Waals surface area contributed by atoms with E-state index in [1.54, 1.807) is 11.3 Å². The normalized spacial score (nSPS) is 18.5. The van der Waals surface area contributed by atoms with Crippen LogP contribution in [0.1, 0.15) is 59.8 Å². The molecule has 1 saturated heterocycles. The first-order valence-electron chi connectivity index (χ1n) is 12.8. The van der Waals surface area contributed by atoms with Gasteiger partial charge in [-0.1, -0.05) is 30.6 Å².